The van der Waals surface area contributed by atoms with Crippen molar-refractivity contribution in [1.29, 1.82) is 0 Å². The number of hydrogen-bond donors (Lipinski definition) is 0. The Bertz CT molecular complexity index is 735. The molecule has 1 aromatic heterocycles. The first-order valence-corrected chi connectivity index (χ1v) is 6.51. The Balaban J connectivity index is 2.53. The molecule has 9 heteroatoms. The van der Waals surface area contributed by atoms with E-state index in [4.69, 9.17) is 0 Å². The zero-order valence-electron chi connectivity index (χ0n) is 10.8. The van der Waals surface area contributed by atoms with E-state index in [1.165, 1.54) is 31.3 Å². The summed E-state index contributed by atoms with van der Waals surface area (Å²) in [7, 11) is 0. The van der Waals surface area contributed by atoms with Gasteiger partial charge in [-0.05, 0) is 30.8 Å². The molecule has 21 heavy (non-hydrogen) atoms. The fraction of sp³-hybridized carbons (Fsp3) is 0.0833. The standard InChI is InChI=1S/C12H9N3O5S/c1-8-6-11(21-12-4-2-3-5-13(12)16)10(15(19)20)7-9(8)14(17)18/h2-7H,1H3. The summed E-state index contributed by atoms with van der Waals surface area (Å²) in [5.41, 5.74) is -0.434. The molecule has 1 heterocycles. The normalized spacial score (nSPS) is 10.3. The second-order valence-electron chi connectivity index (χ2n) is 4.09. The number of aryl methyl sites for hydroxylation is 1. The van der Waals surface area contributed by atoms with Crippen molar-refractivity contribution in [1.82, 2.24) is 0 Å². The van der Waals surface area contributed by atoms with Crippen molar-refractivity contribution >= 4 is 23.1 Å². The maximum Gasteiger partial charge on any atom is 0.290 e. The van der Waals surface area contributed by atoms with Crippen molar-refractivity contribution in [3.05, 3.63) is 67.5 Å². The summed E-state index contributed by atoms with van der Waals surface area (Å²) >= 11 is 0.890. The summed E-state index contributed by atoms with van der Waals surface area (Å²) in [6.07, 6.45) is 1.27. The highest BCUT2D eigenvalue weighted by Gasteiger charge is 2.24. The van der Waals surface area contributed by atoms with Crippen LogP contribution in [0.25, 0.3) is 0 Å². The van der Waals surface area contributed by atoms with Crippen LogP contribution in [0.4, 0.5) is 11.4 Å². The van der Waals surface area contributed by atoms with Gasteiger partial charge >= 0.3 is 0 Å². The van der Waals surface area contributed by atoms with Gasteiger partial charge in [0.25, 0.3) is 16.4 Å². The molecule has 0 fully saturated rings. The highest BCUT2D eigenvalue weighted by atomic mass is 32.2. The first-order valence-electron chi connectivity index (χ1n) is 5.69. The molecule has 0 bridgehead atoms. The Labute approximate surface area is 122 Å². The van der Waals surface area contributed by atoms with Crippen molar-refractivity contribution in [2.45, 2.75) is 16.8 Å². The van der Waals surface area contributed by atoms with Gasteiger partial charge in [-0.2, -0.15) is 4.73 Å². The molecule has 2 rings (SSSR count). The Morgan fingerprint density at radius 2 is 1.76 bits per heavy atom. The number of pyridine rings is 1. The minimum atomic E-state index is -0.702. The van der Waals surface area contributed by atoms with E-state index in [9.17, 15) is 25.4 Å². The predicted octanol–water partition coefficient (Wildman–Crippen LogP) is 2.60. The van der Waals surface area contributed by atoms with Gasteiger partial charge in [-0.25, -0.2) is 0 Å². The van der Waals surface area contributed by atoms with Crippen molar-refractivity contribution in [2.75, 3.05) is 0 Å². The Morgan fingerprint density at radius 1 is 1.10 bits per heavy atom. The van der Waals surface area contributed by atoms with Crippen LogP contribution in [0, 0.1) is 32.4 Å². The molecule has 0 spiro atoms. The molecule has 0 N–H and O–H groups in total. The molecule has 0 aliphatic heterocycles. The Kier molecular flexibility index (Phi) is 4.03. The molecule has 2 aromatic rings. The first kappa shape index (κ1) is 14.7. The molecule has 0 unspecified atom stereocenters. The van der Waals surface area contributed by atoms with Gasteiger partial charge in [-0.15, -0.1) is 0 Å². The predicted molar refractivity (Wildman–Crippen MR) is 74.0 cm³/mol. The summed E-state index contributed by atoms with van der Waals surface area (Å²) in [6.45, 7) is 1.49. The second kappa shape index (κ2) is 5.75. The fourth-order valence-electron chi connectivity index (χ4n) is 1.68. The average molecular weight is 307 g/mol. The third-order valence-electron chi connectivity index (χ3n) is 2.67. The third-order valence-corrected chi connectivity index (χ3v) is 3.75. The maximum absolute atomic E-state index is 11.6. The lowest BCUT2D eigenvalue weighted by Gasteiger charge is -2.05. The van der Waals surface area contributed by atoms with Crippen LogP contribution >= 0.6 is 11.8 Å². The Morgan fingerprint density at radius 3 is 2.33 bits per heavy atom. The molecular formula is C12H9N3O5S. The summed E-state index contributed by atoms with van der Waals surface area (Å²) in [4.78, 5) is 20.7. The molecule has 0 aliphatic carbocycles. The van der Waals surface area contributed by atoms with Crippen molar-refractivity contribution in [3.63, 3.8) is 0 Å². The van der Waals surface area contributed by atoms with Gasteiger partial charge in [0.1, 0.15) is 0 Å². The maximum atomic E-state index is 11.6. The SMILES string of the molecule is Cc1cc(Sc2cccc[n+]2[O-])c([N+](=O)[O-])cc1[N+](=O)[O-]. The molecule has 108 valence electrons. The molecule has 0 amide bonds. The highest BCUT2D eigenvalue weighted by Crippen LogP contribution is 2.37. The van der Waals surface area contributed by atoms with E-state index in [2.05, 4.69) is 0 Å². The van der Waals surface area contributed by atoms with E-state index >= 15 is 0 Å². The zero-order valence-corrected chi connectivity index (χ0v) is 11.6. The summed E-state index contributed by atoms with van der Waals surface area (Å²) in [6, 6.07) is 6.93. The van der Waals surface area contributed by atoms with Gasteiger partial charge in [-0.3, -0.25) is 20.2 Å². The molecular weight excluding hydrogens is 298 g/mol. The van der Waals surface area contributed by atoms with E-state index < -0.39 is 15.5 Å². The number of rotatable bonds is 4. The summed E-state index contributed by atoms with van der Waals surface area (Å²) in [5.74, 6) is 0. The van der Waals surface area contributed by atoms with Gasteiger partial charge in [0, 0.05) is 17.7 Å². The van der Waals surface area contributed by atoms with E-state index in [-0.39, 0.29) is 15.6 Å². The van der Waals surface area contributed by atoms with Crippen LogP contribution in [0.15, 0.2) is 46.5 Å². The van der Waals surface area contributed by atoms with Crippen LogP contribution < -0.4 is 4.73 Å². The monoisotopic (exact) mass is 307 g/mol. The first-order chi connectivity index (χ1) is 9.90. The van der Waals surface area contributed by atoms with Gasteiger partial charge in [-0.1, -0.05) is 0 Å². The van der Waals surface area contributed by atoms with Crippen molar-refractivity contribution in [3.8, 4) is 0 Å². The van der Waals surface area contributed by atoms with E-state index in [0.29, 0.717) is 10.3 Å². The summed E-state index contributed by atoms with van der Waals surface area (Å²) in [5, 5.41) is 33.7. The van der Waals surface area contributed by atoms with Gasteiger partial charge in [0.2, 0.25) is 0 Å². The third kappa shape index (κ3) is 3.08. The van der Waals surface area contributed by atoms with E-state index in [1.807, 2.05) is 0 Å². The molecule has 0 saturated carbocycles. The topological polar surface area (TPSA) is 113 Å². The number of nitrogens with zero attached hydrogens (tertiary/aromatic N) is 3. The number of aromatic nitrogens is 1. The second-order valence-corrected chi connectivity index (χ2v) is 5.15. The summed E-state index contributed by atoms with van der Waals surface area (Å²) < 4.78 is 0.575. The number of nitro benzene ring substituents is 2. The van der Waals surface area contributed by atoms with Crippen molar-refractivity contribution < 1.29 is 14.6 Å². The van der Waals surface area contributed by atoms with Crippen LogP contribution in [0.5, 0.6) is 0 Å². The van der Waals surface area contributed by atoms with E-state index in [0.717, 1.165) is 17.8 Å². The number of benzene rings is 1. The Hall–Kier alpha value is -2.68. The molecule has 0 atom stereocenters. The van der Waals surface area contributed by atoms with Gasteiger partial charge in [0.05, 0.1) is 20.8 Å². The quantitative estimate of drug-likeness (QED) is 0.371. The number of hydrogen-bond acceptors (Lipinski definition) is 6. The van der Waals surface area contributed by atoms with Crippen molar-refractivity contribution in [2.24, 2.45) is 0 Å². The average Bonchev–Trinajstić information content (AvgIpc) is 2.40. The van der Waals surface area contributed by atoms with Crippen LogP contribution in [-0.2, 0) is 0 Å². The highest BCUT2D eigenvalue weighted by molar-refractivity contribution is 7.99. The lowest BCUT2D eigenvalue weighted by Crippen LogP contribution is -2.27. The van der Waals surface area contributed by atoms with E-state index in [1.54, 1.807) is 6.07 Å². The van der Waals surface area contributed by atoms with Crippen LogP contribution in [0.1, 0.15) is 5.56 Å². The zero-order chi connectivity index (χ0) is 15.6. The van der Waals surface area contributed by atoms with Crippen LogP contribution in [0.2, 0.25) is 0 Å². The molecule has 1 aromatic carbocycles. The molecule has 8 nitrogen and oxygen atoms in total. The molecule has 0 aliphatic rings. The van der Waals surface area contributed by atoms with Crippen LogP contribution in [0.3, 0.4) is 0 Å². The van der Waals surface area contributed by atoms with Gasteiger partial charge in [0.15, 0.2) is 6.20 Å². The smallest absolute Gasteiger partial charge is 0.290 e. The fourth-order valence-corrected chi connectivity index (χ4v) is 2.68. The lowest BCUT2D eigenvalue weighted by molar-refractivity contribution is -0.645. The molecule has 0 saturated heterocycles. The largest absolute Gasteiger partial charge is 0.618 e. The van der Waals surface area contributed by atoms with Gasteiger partial charge < -0.3 is 5.21 Å². The lowest BCUT2D eigenvalue weighted by atomic mass is 10.2. The number of nitro groups is 2. The molecule has 0 radical (unpaired) electrons. The van der Waals surface area contributed by atoms with Crippen LogP contribution in [-0.4, -0.2) is 9.85 Å². The minimum absolute atomic E-state index is 0.180. The minimum Gasteiger partial charge on any atom is -0.618 e.